The van der Waals surface area contributed by atoms with Crippen LogP contribution in [0.4, 0.5) is 0 Å². The highest BCUT2D eigenvalue weighted by molar-refractivity contribution is 5.80. The molecule has 0 saturated heterocycles. The first-order valence-corrected chi connectivity index (χ1v) is 8.25. The lowest BCUT2D eigenvalue weighted by Crippen LogP contribution is -2.02. The summed E-state index contributed by atoms with van der Waals surface area (Å²) in [4.78, 5) is 19.8. The van der Waals surface area contributed by atoms with E-state index < -0.39 is 5.97 Å². The van der Waals surface area contributed by atoms with Crippen LogP contribution in [-0.4, -0.2) is 25.6 Å². The average molecular weight is 323 g/mol. The van der Waals surface area contributed by atoms with Crippen LogP contribution in [0.2, 0.25) is 0 Å². The molecule has 2 aromatic heterocycles. The van der Waals surface area contributed by atoms with Crippen LogP contribution >= 0.6 is 0 Å². The molecule has 2 heterocycles. The van der Waals surface area contributed by atoms with E-state index in [2.05, 4.69) is 15.6 Å². The molecule has 24 heavy (non-hydrogen) atoms. The number of imidazole rings is 1. The Kier molecular flexibility index (Phi) is 4.89. The summed E-state index contributed by atoms with van der Waals surface area (Å²) < 4.78 is 2.19. The Bertz CT molecular complexity index is 855. The Hall–Kier alpha value is -2.69. The van der Waals surface area contributed by atoms with Gasteiger partial charge in [-0.1, -0.05) is 18.6 Å². The third kappa shape index (κ3) is 3.62. The Balaban J connectivity index is 1.87. The topological polar surface area (TPSA) is 68.0 Å². The smallest absolute Gasteiger partial charge is 0.303 e. The molecule has 124 valence electrons. The lowest BCUT2D eigenvalue weighted by molar-refractivity contribution is -0.137. The second kappa shape index (κ2) is 7.25. The monoisotopic (exact) mass is 323 g/mol. The van der Waals surface area contributed by atoms with Crippen molar-refractivity contribution in [3.05, 3.63) is 48.2 Å². The Morgan fingerprint density at radius 2 is 2.00 bits per heavy atom. The third-order valence-electron chi connectivity index (χ3n) is 4.07. The molecule has 0 fully saturated rings. The van der Waals surface area contributed by atoms with Crippen molar-refractivity contribution in [2.24, 2.45) is 0 Å². The highest BCUT2D eigenvalue weighted by Gasteiger charge is 2.13. The number of carboxylic acids is 1. The van der Waals surface area contributed by atoms with E-state index in [1.807, 2.05) is 37.3 Å². The Labute approximate surface area is 141 Å². The Morgan fingerprint density at radius 3 is 2.79 bits per heavy atom. The van der Waals surface area contributed by atoms with Crippen LogP contribution in [-0.2, 0) is 11.3 Å². The number of carbonyl (C=O) groups is 1. The van der Waals surface area contributed by atoms with E-state index in [-0.39, 0.29) is 6.42 Å². The van der Waals surface area contributed by atoms with Gasteiger partial charge in [0.25, 0.3) is 0 Å². The number of nitrogens with zero attached hydrogens (tertiary/aromatic N) is 3. The first-order chi connectivity index (χ1) is 11.6. The maximum absolute atomic E-state index is 10.6. The summed E-state index contributed by atoms with van der Waals surface area (Å²) in [5.41, 5.74) is 4.08. The number of aliphatic carboxylic acids is 1. The summed E-state index contributed by atoms with van der Waals surface area (Å²) in [7, 11) is 0. The quantitative estimate of drug-likeness (QED) is 0.666. The first kappa shape index (κ1) is 16.2. The molecule has 0 atom stereocenters. The number of fused-ring (bicyclic) bond motifs is 1. The van der Waals surface area contributed by atoms with Crippen LogP contribution < -0.4 is 0 Å². The van der Waals surface area contributed by atoms with Gasteiger partial charge in [0.2, 0.25) is 0 Å². The normalized spacial score (nSPS) is 11.0. The predicted octanol–water partition coefficient (Wildman–Crippen LogP) is 4.05. The van der Waals surface area contributed by atoms with Gasteiger partial charge in [0.1, 0.15) is 5.69 Å². The molecule has 3 rings (SSSR count). The summed E-state index contributed by atoms with van der Waals surface area (Å²) in [5.74, 6) is 0.144. The molecule has 0 radical (unpaired) electrons. The Morgan fingerprint density at radius 1 is 1.17 bits per heavy atom. The molecule has 0 aliphatic heterocycles. The largest absolute Gasteiger partial charge is 0.481 e. The zero-order chi connectivity index (χ0) is 16.9. The molecule has 5 nitrogen and oxygen atoms in total. The van der Waals surface area contributed by atoms with Crippen LogP contribution in [0.25, 0.3) is 22.6 Å². The van der Waals surface area contributed by atoms with Gasteiger partial charge in [-0.2, -0.15) is 0 Å². The number of hydrogen-bond donors (Lipinski definition) is 1. The molecule has 3 aromatic rings. The number of pyridine rings is 1. The van der Waals surface area contributed by atoms with Gasteiger partial charge in [-0.15, -0.1) is 0 Å². The van der Waals surface area contributed by atoms with Gasteiger partial charge in [0.15, 0.2) is 5.82 Å². The van der Waals surface area contributed by atoms with Crippen LogP contribution in [0.15, 0.2) is 42.6 Å². The zero-order valence-electron chi connectivity index (χ0n) is 13.8. The van der Waals surface area contributed by atoms with E-state index in [0.29, 0.717) is 6.42 Å². The van der Waals surface area contributed by atoms with Crippen molar-refractivity contribution in [2.45, 2.75) is 39.2 Å². The van der Waals surface area contributed by atoms with Crippen LogP contribution in [0.5, 0.6) is 0 Å². The predicted molar refractivity (Wildman–Crippen MR) is 93.8 cm³/mol. The van der Waals surface area contributed by atoms with Gasteiger partial charge < -0.3 is 9.67 Å². The molecule has 0 aliphatic rings. The van der Waals surface area contributed by atoms with Crippen molar-refractivity contribution < 1.29 is 9.90 Å². The van der Waals surface area contributed by atoms with E-state index in [0.717, 1.165) is 47.5 Å². The molecule has 0 amide bonds. The van der Waals surface area contributed by atoms with E-state index in [1.54, 1.807) is 6.20 Å². The van der Waals surface area contributed by atoms with Gasteiger partial charge in [0, 0.05) is 19.2 Å². The molecular weight excluding hydrogens is 302 g/mol. The molecule has 0 saturated carbocycles. The fourth-order valence-electron chi connectivity index (χ4n) is 2.88. The van der Waals surface area contributed by atoms with Crippen LogP contribution in [0.1, 0.15) is 31.2 Å². The number of benzene rings is 1. The van der Waals surface area contributed by atoms with Gasteiger partial charge in [-0.25, -0.2) is 4.98 Å². The number of aryl methyl sites for hydroxylation is 2. The molecule has 5 heteroatoms. The van der Waals surface area contributed by atoms with Gasteiger partial charge >= 0.3 is 5.97 Å². The van der Waals surface area contributed by atoms with E-state index in [9.17, 15) is 4.79 Å². The van der Waals surface area contributed by atoms with Crippen LogP contribution in [0, 0.1) is 6.92 Å². The summed E-state index contributed by atoms with van der Waals surface area (Å²) in [6.45, 7) is 2.86. The maximum atomic E-state index is 10.6. The number of unbranched alkanes of at least 4 members (excludes halogenated alkanes) is 2. The van der Waals surface area contributed by atoms with Gasteiger partial charge in [-0.3, -0.25) is 9.78 Å². The minimum absolute atomic E-state index is 0.233. The zero-order valence-corrected chi connectivity index (χ0v) is 13.8. The minimum atomic E-state index is -0.729. The van der Waals surface area contributed by atoms with Crippen molar-refractivity contribution in [1.82, 2.24) is 14.5 Å². The van der Waals surface area contributed by atoms with Gasteiger partial charge in [0.05, 0.1) is 11.0 Å². The molecule has 0 bridgehead atoms. The van der Waals surface area contributed by atoms with Crippen molar-refractivity contribution in [2.75, 3.05) is 0 Å². The molecule has 0 aliphatic carbocycles. The first-order valence-electron chi connectivity index (χ1n) is 8.25. The molecular formula is C19H21N3O2. The second-order valence-corrected chi connectivity index (χ2v) is 6.00. The molecule has 0 spiro atoms. The number of aromatic nitrogens is 3. The summed E-state index contributed by atoms with van der Waals surface area (Å²) in [5, 5.41) is 8.73. The van der Waals surface area contributed by atoms with E-state index in [4.69, 9.17) is 10.1 Å². The standard InChI is InChI=1S/C19H21N3O2/c1-14-10-11-20-16(13-14)19-21-15-7-4-5-8-17(15)22(19)12-6-2-3-9-18(23)24/h4-5,7-8,10-11,13H,2-3,6,9,12H2,1H3,(H,23,24). The minimum Gasteiger partial charge on any atom is -0.481 e. The summed E-state index contributed by atoms with van der Waals surface area (Å²) in [6.07, 6.45) is 4.56. The maximum Gasteiger partial charge on any atom is 0.303 e. The summed E-state index contributed by atoms with van der Waals surface area (Å²) >= 11 is 0. The number of rotatable bonds is 7. The number of para-hydroxylation sites is 2. The van der Waals surface area contributed by atoms with E-state index in [1.165, 1.54) is 0 Å². The number of carboxylic acid groups (broad SMARTS) is 1. The fraction of sp³-hybridized carbons (Fsp3) is 0.316. The highest BCUT2D eigenvalue weighted by atomic mass is 16.4. The fourth-order valence-corrected chi connectivity index (χ4v) is 2.88. The van der Waals surface area contributed by atoms with Crippen molar-refractivity contribution in [1.29, 1.82) is 0 Å². The molecule has 0 unspecified atom stereocenters. The number of hydrogen-bond acceptors (Lipinski definition) is 3. The van der Waals surface area contributed by atoms with Crippen LogP contribution in [0.3, 0.4) is 0 Å². The summed E-state index contributed by atoms with van der Waals surface area (Å²) in [6, 6.07) is 12.1. The second-order valence-electron chi connectivity index (χ2n) is 6.00. The lowest BCUT2D eigenvalue weighted by atomic mass is 10.2. The average Bonchev–Trinajstić information content (AvgIpc) is 2.93. The molecule has 1 N–H and O–H groups in total. The molecule has 1 aromatic carbocycles. The van der Waals surface area contributed by atoms with E-state index >= 15 is 0 Å². The van der Waals surface area contributed by atoms with Gasteiger partial charge in [-0.05, 0) is 49.6 Å². The van der Waals surface area contributed by atoms with Crippen molar-refractivity contribution >= 4 is 17.0 Å². The lowest BCUT2D eigenvalue weighted by Gasteiger charge is -2.09. The van der Waals surface area contributed by atoms with Crippen molar-refractivity contribution in [3.63, 3.8) is 0 Å². The SMILES string of the molecule is Cc1ccnc(-c2nc3ccccc3n2CCCCCC(=O)O)c1. The third-order valence-corrected chi connectivity index (χ3v) is 4.07. The van der Waals surface area contributed by atoms with Crippen molar-refractivity contribution in [3.8, 4) is 11.5 Å². The highest BCUT2D eigenvalue weighted by Crippen LogP contribution is 2.24.